The first kappa shape index (κ1) is 21.8. The fraction of sp³-hybridized carbons (Fsp3) is 0.444. The van der Waals surface area contributed by atoms with Crippen molar-refractivity contribution in [1.29, 1.82) is 0 Å². The van der Waals surface area contributed by atoms with E-state index in [9.17, 15) is 19.2 Å². The molecule has 1 heterocycles. The zero-order valence-electron chi connectivity index (χ0n) is 16.9. The Hall–Kier alpha value is -3.50. The number of amides is 4. The van der Waals surface area contributed by atoms with Crippen molar-refractivity contribution >= 4 is 29.5 Å². The number of esters is 1. The number of rotatable bonds is 8. The van der Waals surface area contributed by atoms with Gasteiger partial charge in [-0.25, -0.2) is 9.59 Å². The van der Waals surface area contributed by atoms with E-state index in [1.807, 2.05) is 0 Å². The molecule has 0 spiro atoms. The Bertz CT molecular complexity index is 842. The van der Waals surface area contributed by atoms with E-state index in [4.69, 9.17) is 14.2 Å². The number of carbonyl (C=O) groups is 4. The lowest BCUT2D eigenvalue weighted by Gasteiger charge is -2.19. The molecule has 2 rings (SSSR count). The van der Waals surface area contributed by atoms with Gasteiger partial charge in [0.05, 0.1) is 39.1 Å². The molecule has 0 radical (unpaired) electrons. The normalized spacial score (nSPS) is 18.2. The van der Waals surface area contributed by atoms with Gasteiger partial charge in [-0.1, -0.05) is 6.92 Å². The van der Waals surface area contributed by atoms with Crippen LogP contribution in [0.3, 0.4) is 0 Å². The summed E-state index contributed by atoms with van der Waals surface area (Å²) in [6, 6.07) is 2.17. The highest BCUT2D eigenvalue weighted by atomic mass is 16.5. The minimum Gasteiger partial charge on any atom is -0.493 e. The third-order valence-corrected chi connectivity index (χ3v) is 4.57. The fourth-order valence-corrected chi connectivity index (χ4v) is 2.67. The van der Waals surface area contributed by atoms with Crippen LogP contribution >= 0.6 is 0 Å². The van der Waals surface area contributed by atoms with Gasteiger partial charge < -0.3 is 24.8 Å². The second-order valence-corrected chi connectivity index (χ2v) is 6.39. The SMILES string of the molecule is CCC1(C)NC(=O)N(NC(=O)CNc2cc(OC)c(OC)cc2C(=O)OC)C1=O. The number of carbonyl (C=O) groups excluding carboxylic acids is 4. The van der Waals surface area contributed by atoms with Crippen LogP contribution < -0.4 is 25.5 Å². The monoisotopic (exact) mass is 408 g/mol. The second kappa shape index (κ2) is 8.67. The largest absolute Gasteiger partial charge is 0.493 e. The Balaban J connectivity index is 2.14. The predicted octanol–water partition coefficient (Wildman–Crippen LogP) is 0.654. The van der Waals surface area contributed by atoms with Crippen molar-refractivity contribution in [2.24, 2.45) is 0 Å². The molecule has 1 atom stereocenters. The quantitative estimate of drug-likeness (QED) is 0.422. The molecular formula is C18H24N4O7. The Morgan fingerprint density at radius 2 is 1.76 bits per heavy atom. The molecule has 0 aromatic heterocycles. The van der Waals surface area contributed by atoms with Crippen molar-refractivity contribution in [2.45, 2.75) is 25.8 Å². The molecule has 11 heteroatoms. The minimum atomic E-state index is -1.07. The lowest BCUT2D eigenvalue weighted by molar-refractivity contribution is -0.138. The highest BCUT2D eigenvalue weighted by Gasteiger charge is 2.47. The highest BCUT2D eigenvalue weighted by molar-refractivity contribution is 6.07. The van der Waals surface area contributed by atoms with Crippen molar-refractivity contribution in [3.8, 4) is 11.5 Å². The topological polar surface area (TPSA) is 135 Å². The first-order valence-corrected chi connectivity index (χ1v) is 8.75. The number of hydrogen-bond acceptors (Lipinski definition) is 8. The molecule has 158 valence electrons. The highest BCUT2D eigenvalue weighted by Crippen LogP contribution is 2.33. The molecule has 1 aromatic carbocycles. The molecule has 0 bridgehead atoms. The van der Waals surface area contributed by atoms with Crippen LogP contribution in [0.2, 0.25) is 0 Å². The molecule has 29 heavy (non-hydrogen) atoms. The molecule has 1 saturated heterocycles. The maximum Gasteiger partial charge on any atom is 0.344 e. The van der Waals surface area contributed by atoms with E-state index in [2.05, 4.69) is 16.1 Å². The Labute approximate surface area is 167 Å². The molecule has 1 fully saturated rings. The second-order valence-electron chi connectivity index (χ2n) is 6.39. The molecule has 11 nitrogen and oxygen atoms in total. The number of ether oxygens (including phenoxy) is 3. The summed E-state index contributed by atoms with van der Waals surface area (Å²) in [4.78, 5) is 48.6. The van der Waals surface area contributed by atoms with Gasteiger partial charge in [0, 0.05) is 12.1 Å². The molecule has 0 saturated carbocycles. The number of imide groups is 1. The Morgan fingerprint density at radius 3 is 2.28 bits per heavy atom. The number of benzene rings is 1. The first-order chi connectivity index (χ1) is 13.7. The Kier molecular flexibility index (Phi) is 6.52. The maximum atomic E-state index is 12.3. The molecule has 4 amide bonds. The zero-order valence-corrected chi connectivity index (χ0v) is 16.9. The minimum absolute atomic E-state index is 0.117. The number of nitrogens with zero attached hydrogens (tertiary/aromatic N) is 1. The summed E-state index contributed by atoms with van der Waals surface area (Å²) in [7, 11) is 4.06. The maximum absolute atomic E-state index is 12.3. The van der Waals surface area contributed by atoms with E-state index >= 15 is 0 Å². The van der Waals surface area contributed by atoms with Crippen LogP contribution in [0, 0.1) is 0 Å². The summed E-state index contributed by atoms with van der Waals surface area (Å²) < 4.78 is 15.1. The molecule has 1 aromatic rings. The van der Waals surface area contributed by atoms with Gasteiger partial charge in [-0.2, -0.15) is 5.01 Å². The summed E-state index contributed by atoms with van der Waals surface area (Å²) in [6.07, 6.45) is 0.371. The van der Waals surface area contributed by atoms with Crippen LogP contribution in [0.15, 0.2) is 12.1 Å². The van der Waals surface area contributed by atoms with Gasteiger partial charge in [-0.3, -0.25) is 15.0 Å². The van der Waals surface area contributed by atoms with Crippen molar-refractivity contribution in [3.05, 3.63) is 17.7 Å². The summed E-state index contributed by atoms with van der Waals surface area (Å²) in [5.74, 6) is -1.24. The zero-order chi connectivity index (χ0) is 21.8. The van der Waals surface area contributed by atoms with E-state index in [0.29, 0.717) is 22.9 Å². The molecule has 3 N–H and O–H groups in total. The van der Waals surface area contributed by atoms with Crippen LogP contribution in [0.5, 0.6) is 11.5 Å². The van der Waals surface area contributed by atoms with Gasteiger partial charge in [0.1, 0.15) is 5.54 Å². The van der Waals surface area contributed by atoms with Crippen LogP contribution in [0.25, 0.3) is 0 Å². The van der Waals surface area contributed by atoms with Crippen molar-refractivity contribution in [1.82, 2.24) is 15.8 Å². The summed E-state index contributed by atoms with van der Waals surface area (Å²) in [5.41, 5.74) is 1.55. The van der Waals surface area contributed by atoms with E-state index in [1.54, 1.807) is 13.8 Å². The van der Waals surface area contributed by atoms with Gasteiger partial charge in [-0.05, 0) is 13.3 Å². The molecular weight excluding hydrogens is 384 g/mol. The van der Waals surface area contributed by atoms with Crippen molar-refractivity contribution in [3.63, 3.8) is 0 Å². The summed E-state index contributed by atoms with van der Waals surface area (Å²) >= 11 is 0. The van der Waals surface area contributed by atoms with E-state index in [1.165, 1.54) is 33.5 Å². The number of hydrazine groups is 1. The molecule has 0 aliphatic carbocycles. The van der Waals surface area contributed by atoms with E-state index in [-0.39, 0.29) is 17.8 Å². The third-order valence-electron chi connectivity index (χ3n) is 4.57. The van der Waals surface area contributed by atoms with Gasteiger partial charge in [0.2, 0.25) is 0 Å². The van der Waals surface area contributed by atoms with Crippen LogP contribution in [-0.4, -0.2) is 62.2 Å². The molecule has 1 aliphatic rings. The third kappa shape index (κ3) is 4.33. The summed E-state index contributed by atoms with van der Waals surface area (Å²) in [5, 5.41) is 5.95. The lowest BCUT2D eigenvalue weighted by atomic mass is 10.00. The average Bonchev–Trinajstić information content (AvgIpc) is 2.94. The molecule has 1 aliphatic heterocycles. The summed E-state index contributed by atoms with van der Waals surface area (Å²) in [6.45, 7) is 2.99. The number of hydrogen-bond donors (Lipinski definition) is 3. The number of anilines is 1. The van der Waals surface area contributed by atoms with Gasteiger partial charge in [-0.15, -0.1) is 0 Å². The van der Waals surface area contributed by atoms with Crippen molar-refractivity contribution < 1.29 is 33.4 Å². The fourth-order valence-electron chi connectivity index (χ4n) is 2.67. The van der Waals surface area contributed by atoms with E-state index in [0.717, 1.165) is 0 Å². The van der Waals surface area contributed by atoms with Crippen LogP contribution in [-0.2, 0) is 14.3 Å². The number of nitrogens with one attached hydrogen (secondary N) is 3. The molecule has 1 unspecified atom stereocenters. The first-order valence-electron chi connectivity index (χ1n) is 8.75. The Morgan fingerprint density at radius 1 is 1.14 bits per heavy atom. The smallest absolute Gasteiger partial charge is 0.344 e. The lowest BCUT2D eigenvalue weighted by Crippen LogP contribution is -2.50. The standard InChI is InChI=1S/C18H24N4O7/c1-6-18(2)16(25)22(17(26)20-18)21-14(23)9-19-11-8-13(28-4)12(27-3)7-10(11)15(24)29-5/h7-8,19H,6,9H2,1-5H3,(H,20,26)(H,21,23). The number of urea groups is 1. The van der Waals surface area contributed by atoms with Crippen LogP contribution in [0.1, 0.15) is 30.6 Å². The van der Waals surface area contributed by atoms with Crippen molar-refractivity contribution in [2.75, 3.05) is 33.2 Å². The van der Waals surface area contributed by atoms with Gasteiger partial charge in [0.25, 0.3) is 11.8 Å². The van der Waals surface area contributed by atoms with E-state index < -0.39 is 29.4 Å². The average molecular weight is 408 g/mol. The predicted molar refractivity (Wildman–Crippen MR) is 102 cm³/mol. The van der Waals surface area contributed by atoms with Gasteiger partial charge >= 0.3 is 12.0 Å². The number of methoxy groups -OCH3 is 3. The van der Waals surface area contributed by atoms with Gasteiger partial charge in [0.15, 0.2) is 11.5 Å². The van der Waals surface area contributed by atoms with Crippen LogP contribution in [0.4, 0.5) is 10.5 Å².